The van der Waals surface area contributed by atoms with Crippen LogP contribution in [-0.2, 0) is 6.61 Å². The molecule has 0 fully saturated rings. The molecule has 0 radical (unpaired) electrons. The van der Waals surface area contributed by atoms with Crippen molar-refractivity contribution in [2.45, 2.75) is 19.6 Å². The van der Waals surface area contributed by atoms with Gasteiger partial charge in [0.2, 0.25) is 0 Å². The smallest absolute Gasteiger partial charge is 0.134 e. The molecule has 1 heterocycles. The lowest BCUT2D eigenvalue weighted by atomic mass is 10.1. The van der Waals surface area contributed by atoms with Crippen LogP contribution < -0.4 is 5.32 Å². The van der Waals surface area contributed by atoms with E-state index >= 15 is 0 Å². The van der Waals surface area contributed by atoms with Crippen LogP contribution in [0.1, 0.15) is 24.3 Å². The highest BCUT2D eigenvalue weighted by Crippen LogP contribution is 2.24. The van der Waals surface area contributed by atoms with Crippen LogP contribution >= 0.6 is 0 Å². The zero-order chi connectivity index (χ0) is 10.8. The van der Waals surface area contributed by atoms with Gasteiger partial charge < -0.3 is 14.8 Å². The number of furan rings is 1. The maximum Gasteiger partial charge on any atom is 0.134 e. The van der Waals surface area contributed by atoms with Gasteiger partial charge in [0.1, 0.15) is 11.3 Å². The van der Waals surface area contributed by atoms with Gasteiger partial charge in [-0.05, 0) is 31.7 Å². The second kappa shape index (κ2) is 4.04. The van der Waals surface area contributed by atoms with Crippen LogP contribution in [0.25, 0.3) is 11.0 Å². The fraction of sp³-hybridized carbons (Fsp3) is 0.333. The minimum atomic E-state index is 0.0492. The molecule has 0 amide bonds. The number of rotatable bonds is 3. The summed E-state index contributed by atoms with van der Waals surface area (Å²) in [5, 5.41) is 13.2. The predicted molar refractivity (Wildman–Crippen MR) is 59.6 cm³/mol. The van der Waals surface area contributed by atoms with Crippen molar-refractivity contribution in [2.75, 3.05) is 7.05 Å². The van der Waals surface area contributed by atoms with E-state index in [-0.39, 0.29) is 12.6 Å². The third-order valence-corrected chi connectivity index (χ3v) is 2.65. The first-order valence-corrected chi connectivity index (χ1v) is 5.05. The van der Waals surface area contributed by atoms with E-state index in [2.05, 4.69) is 5.32 Å². The van der Waals surface area contributed by atoms with Crippen LogP contribution in [0.5, 0.6) is 0 Å². The Morgan fingerprint density at radius 1 is 1.40 bits per heavy atom. The van der Waals surface area contributed by atoms with Crippen molar-refractivity contribution in [1.82, 2.24) is 5.32 Å². The van der Waals surface area contributed by atoms with Crippen molar-refractivity contribution in [2.24, 2.45) is 0 Å². The highest BCUT2D eigenvalue weighted by atomic mass is 16.3. The van der Waals surface area contributed by atoms with Crippen LogP contribution in [0.2, 0.25) is 0 Å². The fourth-order valence-electron chi connectivity index (χ4n) is 1.55. The molecule has 2 aromatic rings. The van der Waals surface area contributed by atoms with Crippen LogP contribution in [0.3, 0.4) is 0 Å². The summed E-state index contributed by atoms with van der Waals surface area (Å²) in [7, 11) is 1.90. The topological polar surface area (TPSA) is 45.4 Å². The lowest BCUT2D eigenvalue weighted by Crippen LogP contribution is -2.10. The van der Waals surface area contributed by atoms with Crippen LogP contribution in [0.15, 0.2) is 28.7 Å². The van der Waals surface area contributed by atoms with Gasteiger partial charge in [-0.25, -0.2) is 0 Å². The normalized spacial score (nSPS) is 13.3. The molecule has 1 aromatic carbocycles. The van der Waals surface area contributed by atoms with E-state index in [1.165, 1.54) is 0 Å². The van der Waals surface area contributed by atoms with Gasteiger partial charge in [0.15, 0.2) is 0 Å². The molecule has 2 N–H and O–H groups in total. The Kier molecular flexibility index (Phi) is 2.75. The molecule has 0 aliphatic heterocycles. The molecule has 3 nitrogen and oxygen atoms in total. The summed E-state index contributed by atoms with van der Waals surface area (Å²) in [6.45, 7) is 2.10. The largest absolute Gasteiger partial charge is 0.459 e. The Morgan fingerprint density at radius 3 is 2.87 bits per heavy atom. The van der Waals surface area contributed by atoms with Crippen molar-refractivity contribution in [3.63, 3.8) is 0 Å². The van der Waals surface area contributed by atoms with Gasteiger partial charge in [-0.3, -0.25) is 0 Å². The summed E-state index contributed by atoms with van der Waals surface area (Å²) in [6.07, 6.45) is 0. The third-order valence-electron chi connectivity index (χ3n) is 2.65. The second-order valence-electron chi connectivity index (χ2n) is 3.69. The quantitative estimate of drug-likeness (QED) is 0.807. The molecule has 3 heteroatoms. The Morgan fingerprint density at radius 2 is 2.20 bits per heavy atom. The summed E-state index contributed by atoms with van der Waals surface area (Å²) in [4.78, 5) is 0. The van der Waals surface area contributed by atoms with E-state index in [1.807, 2.05) is 38.2 Å². The van der Waals surface area contributed by atoms with Gasteiger partial charge in [0.25, 0.3) is 0 Å². The number of aliphatic hydroxyl groups excluding tert-OH is 1. The first-order chi connectivity index (χ1) is 7.24. The van der Waals surface area contributed by atoms with Crippen LogP contribution in [0, 0.1) is 0 Å². The second-order valence-corrected chi connectivity index (χ2v) is 3.69. The van der Waals surface area contributed by atoms with Gasteiger partial charge in [-0.1, -0.05) is 12.1 Å². The van der Waals surface area contributed by atoms with Crippen molar-refractivity contribution >= 4 is 11.0 Å². The standard InChI is InChI=1S/C12H15NO2/c1-8(13-2)11-6-10-4-3-9(7-14)5-12(10)15-11/h3-6,8,13-14H,7H2,1-2H3. The lowest BCUT2D eigenvalue weighted by molar-refractivity contribution is 0.282. The zero-order valence-electron chi connectivity index (χ0n) is 8.95. The van der Waals surface area contributed by atoms with Crippen molar-refractivity contribution in [3.8, 4) is 0 Å². The molecule has 1 aromatic heterocycles. The van der Waals surface area contributed by atoms with E-state index in [0.717, 1.165) is 22.3 Å². The number of benzene rings is 1. The van der Waals surface area contributed by atoms with Gasteiger partial charge in [0.05, 0.1) is 12.6 Å². The maximum atomic E-state index is 9.01. The van der Waals surface area contributed by atoms with Gasteiger partial charge >= 0.3 is 0 Å². The molecular weight excluding hydrogens is 190 g/mol. The molecule has 0 bridgehead atoms. The Labute approximate surface area is 88.7 Å². The summed E-state index contributed by atoms with van der Waals surface area (Å²) < 4.78 is 5.69. The van der Waals surface area contributed by atoms with Gasteiger partial charge in [-0.2, -0.15) is 0 Å². The summed E-state index contributed by atoms with van der Waals surface area (Å²) in [5.74, 6) is 0.919. The van der Waals surface area contributed by atoms with E-state index in [0.29, 0.717) is 0 Å². The molecule has 2 rings (SSSR count). The molecule has 0 aliphatic rings. The molecule has 1 atom stereocenters. The molecule has 1 unspecified atom stereocenters. The monoisotopic (exact) mass is 205 g/mol. The molecule has 0 spiro atoms. The highest BCUT2D eigenvalue weighted by molar-refractivity contribution is 5.78. The molecular formula is C12H15NO2. The Balaban J connectivity index is 2.46. The van der Waals surface area contributed by atoms with Crippen LogP contribution in [-0.4, -0.2) is 12.2 Å². The fourth-order valence-corrected chi connectivity index (χ4v) is 1.55. The first kappa shape index (κ1) is 10.2. The number of fused-ring (bicyclic) bond motifs is 1. The van der Waals surface area contributed by atoms with Crippen LogP contribution in [0.4, 0.5) is 0 Å². The summed E-state index contributed by atoms with van der Waals surface area (Å²) in [5.41, 5.74) is 1.71. The van der Waals surface area contributed by atoms with Gasteiger partial charge in [-0.15, -0.1) is 0 Å². The molecule has 80 valence electrons. The predicted octanol–water partition coefficient (Wildman–Crippen LogP) is 2.21. The Bertz CT molecular complexity index is 462. The highest BCUT2D eigenvalue weighted by Gasteiger charge is 2.09. The zero-order valence-corrected chi connectivity index (χ0v) is 8.95. The number of aliphatic hydroxyl groups is 1. The number of hydrogen-bond donors (Lipinski definition) is 2. The van der Waals surface area contributed by atoms with Gasteiger partial charge in [0, 0.05) is 5.39 Å². The van der Waals surface area contributed by atoms with Crippen molar-refractivity contribution < 1.29 is 9.52 Å². The first-order valence-electron chi connectivity index (χ1n) is 5.05. The molecule has 0 saturated carbocycles. The minimum Gasteiger partial charge on any atom is -0.459 e. The van der Waals surface area contributed by atoms with E-state index in [1.54, 1.807) is 0 Å². The van der Waals surface area contributed by atoms with Crippen molar-refractivity contribution in [3.05, 3.63) is 35.6 Å². The molecule has 15 heavy (non-hydrogen) atoms. The molecule has 0 aliphatic carbocycles. The van der Waals surface area contributed by atoms with E-state index in [9.17, 15) is 0 Å². The average molecular weight is 205 g/mol. The SMILES string of the molecule is CNC(C)c1cc2ccc(CO)cc2o1. The number of nitrogens with one attached hydrogen (secondary N) is 1. The minimum absolute atomic E-state index is 0.0492. The average Bonchev–Trinajstić information content (AvgIpc) is 2.70. The summed E-state index contributed by atoms with van der Waals surface area (Å²) in [6, 6.07) is 7.98. The number of hydrogen-bond acceptors (Lipinski definition) is 3. The van der Waals surface area contributed by atoms with Crippen molar-refractivity contribution in [1.29, 1.82) is 0 Å². The maximum absolute atomic E-state index is 9.01. The van der Waals surface area contributed by atoms with E-state index in [4.69, 9.17) is 9.52 Å². The molecule has 0 saturated heterocycles. The Hall–Kier alpha value is -1.32. The third kappa shape index (κ3) is 1.89. The lowest BCUT2D eigenvalue weighted by Gasteiger charge is -2.04. The van der Waals surface area contributed by atoms with E-state index < -0.39 is 0 Å². The summed E-state index contributed by atoms with van der Waals surface area (Å²) >= 11 is 0.